The summed E-state index contributed by atoms with van der Waals surface area (Å²) in [6.07, 6.45) is 3.57. The Bertz CT molecular complexity index is 267. The fourth-order valence-corrected chi connectivity index (χ4v) is 1.65. The van der Waals surface area contributed by atoms with Crippen LogP contribution in [-0.2, 0) is 4.79 Å². The molecule has 0 rings (SSSR count). The van der Waals surface area contributed by atoms with Crippen LogP contribution in [0.25, 0.3) is 0 Å². The molecule has 0 aliphatic rings. The molecule has 0 saturated heterocycles. The Hall–Kier alpha value is -1.26. The molecule has 0 radical (unpaired) electrons. The standard InChI is InChI=1S/C13H26N2O3/c1-5-6-7-8-15(4)13(18)14-11(12(16)17)9-10(2)3/h10-11H,5-9H2,1-4H3,(H,14,18)(H,16,17)/t11-/m0/s1. The van der Waals surface area contributed by atoms with Gasteiger partial charge in [0.05, 0.1) is 0 Å². The summed E-state index contributed by atoms with van der Waals surface area (Å²) in [5.74, 6) is -0.740. The lowest BCUT2D eigenvalue weighted by Gasteiger charge is -2.22. The van der Waals surface area contributed by atoms with Crippen LogP contribution in [-0.4, -0.2) is 41.6 Å². The summed E-state index contributed by atoms with van der Waals surface area (Å²) < 4.78 is 0. The minimum Gasteiger partial charge on any atom is -0.480 e. The van der Waals surface area contributed by atoms with Crippen LogP contribution in [0.3, 0.4) is 0 Å². The van der Waals surface area contributed by atoms with Gasteiger partial charge < -0.3 is 15.3 Å². The molecule has 0 bridgehead atoms. The Morgan fingerprint density at radius 1 is 1.28 bits per heavy atom. The van der Waals surface area contributed by atoms with E-state index in [0.29, 0.717) is 13.0 Å². The highest BCUT2D eigenvalue weighted by Crippen LogP contribution is 2.06. The van der Waals surface area contributed by atoms with Crippen LogP contribution in [0.1, 0.15) is 46.5 Å². The summed E-state index contributed by atoms with van der Waals surface area (Å²) in [4.78, 5) is 24.4. The van der Waals surface area contributed by atoms with Crippen molar-refractivity contribution in [3.63, 3.8) is 0 Å². The predicted octanol–water partition coefficient (Wildman–Crippen LogP) is 2.32. The summed E-state index contributed by atoms with van der Waals surface area (Å²) in [7, 11) is 1.69. The topological polar surface area (TPSA) is 69.6 Å². The Balaban J connectivity index is 4.19. The van der Waals surface area contributed by atoms with Gasteiger partial charge in [-0.1, -0.05) is 33.6 Å². The smallest absolute Gasteiger partial charge is 0.326 e. The minimum atomic E-state index is -0.973. The first kappa shape index (κ1) is 16.7. The van der Waals surface area contributed by atoms with E-state index in [9.17, 15) is 9.59 Å². The van der Waals surface area contributed by atoms with Gasteiger partial charge >= 0.3 is 12.0 Å². The Morgan fingerprint density at radius 3 is 2.33 bits per heavy atom. The Labute approximate surface area is 110 Å². The van der Waals surface area contributed by atoms with Gasteiger partial charge in [0.1, 0.15) is 6.04 Å². The maximum Gasteiger partial charge on any atom is 0.326 e. The summed E-state index contributed by atoms with van der Waals surface area (Å²) in [5.41, 5.74) is 0. The third kappa shape index (κ3) is 7.14. The number of carboxylic acid groups (broad SMARTS) is 1. The lowest BCUT2D eigenvalue weighted by molar-refractivity contribution is -0.139. The first-order valence-electron chi connectivity index (χ1n) is 6.62. The predicted molar refractivity (Wildman–Crippen MR) is 71.6 cm³/mol. The van der Waals surface area contributed by atoms with Gasteiger partial charge in [-0.25, -0.2) is 9.59 Å². The number of carbonyl (C=O) groups is 2. The van der Waals surface area contributed by atoms with E-state index in [1.54, 1.807) is 11.9 Å². The van der Waals surface area contributed by atoms with Crippen LogP contribution in [0, 0.1) is 5.92 Å². The number of carboxylic acids is 1. The van der Waals surface area contributed by atoms with Crippen molar-refractivity contribution in [1.82, 2.24) is 10.2 Å². The largest absolute Gasteiger partial charge is 0.480 e. The van der Waals surface area contributed by atoms with E-state index in [1.807, 2.05) is 13.8 Å². The minimum absolute atomic E-state index is 0.233. The molecule has 0 aliphatic carbocycles. The molecule has 0 heterocycles. The molecule has 0 aromatic rings. The highest BCUT2D eigenvalue weighted by Gasteiger charge is 2.22. The van der Waals surface area contributed by atoms with Crippen molar-refractivity contribution < 1.29 is 14.7 Å². The zero-order chi connectivity index (χ0) is 14.1. The van der Waals surface area contributed by atoms with E-state index in [-0.39, 0.29) is 11.9 Å². The second-order valence-corrected chi connectivity index (χ2v) is 5.10. The number of amides is 2. The maximum absolute atomic E-state index is 11.8. The summed E-state index contributed by atoms with van der Waals surface area (Å²) in [6.45, 7) is 6.64. The quantitative estimate of drug-likeness (QED) is 0.656. The summed E-state index contributed by atoms with van der Waals surface area (Å²) in [5, 5.41) is 11.6. The lowest BCUT2D eigenvalue weighted by atomic mass is 10.0. The number of unbranched alkanes of at least 4 members (excludes halogenated alkanes) is 2. The zero-order valence-corrected chi connectivity index (χ0v) is 11.9. The van der Waals surface area contributed by atoms with E-state index < -0.39 is 12.0 Å². The molecule has 2 N–H and O–H groups in total. The average molecular weight is 258 g/mol. The van der Waals surface area contributed by atoms with Crippen molar-refractivity contribution >= 4 is 12.0 Å². The highest BCUT2D eigenvalue weighted by molar-refractivity contribution is 5.82. The Morgan fingerprint density at radius 2 is 1.89 bits per heavy atom. The van der Waals surface area contributed by atoms with E-state index in [0.717, 1.165) is 19.3 Å². The molecular weight excluding hydrogens is 232 g/mol. The summed E-state index contributed by atoms with van der Waals surface area (Å²) >= 11 is 0. The molecule has 5 nitrogen and oxygen atoms in total. The van der Waals surface area contributed by atoms with E-state index in [2.05, 4.69) is 12.2 Å². The molecule has 1 atom stereocenters. The van der Waals surface area contributed by atoms with E-state index >= 15 is 0 Å². The van der Waals surface area contributed by atoms with Crippen LogP contribution in [0.4, 0.5) is 4.79 Å². The number of hydrogen-bond acceptors (Lipinski definition) is 2. The van der Waals surface area contributed by atoms with Gasteiger partial charge in [0, 0.05) is 13.6 Å². The highest BCUT2D eigenvalue weighted by atomic mass is 16.4. The van der Waals surface area contributed by atoms with Gasteiger partial charge in [-0.2, -0.15) is 0 Å². The monoisotopic (exact) mass is 258 g/mol. The molecule has 5 heteroatoms. The van der Waals surface area contributed by atoms with Crippen LogP contribution in [0.5, 0.6) is 0 Å². The number of aliphatic carboxylic acids is 1. The molecule has 0 unspecified atom stereocenters. The molecule has 0 aromatic heterocycles. The molecule has 18 heavy (non-hydrogen) atoms. The number of rotatable bonds is 8. The fourth-order valence-electron chi connectivity index (χ4n) is 1.65. The van der Waals surface area contributed by atoms with Crippen molar-refractivity contribution in [2.45, 2.75) is 52.5 Å². The Kier molecular flexibility index (Phi) is 8.16. The van der Waals surface area contributed by atoms with Crippen LogP contribution in [0.2, 0.25) is 0 Å². The SMILES string of the molecule is CCCCCN(C)C(=O)N[C@@H](CC(C)C)C(=O)O. The normalized spacial score (nSPS) is 12.3. The second-order valence-electron chi connectivity index (χ2n) is 5.10. The maximum atomic E-state index is 11.8. The third-order valence-electron chi connectivity index (χ3n) is 2.75. The third-order valence-corrected chi connectivity index (χ3v) is 2.75. The fraction of sp³-hybridized carbons (Fsp3) is 0.846. The molecule has 0 aliphatic heterocycles. The zero-order valence-electron chi connectivity index (χ0n) is 11.9. The van der Waals surface area contributed by atoms with Crippen molar-refractivity contribution in [2.24, 2.45) is 5.92 Å². The van der Waals surface area contributed by atoms with Crippen molar-refractivity contribution in [3.05, 3.63) is 0 Å². The van der Waals surface area contributed by atoms with Crippen molar-refractivity contribution in [1.29, 1.82) is 0 Å². The van der Waals surface area contributed by atoms with Gasteiger partial charge in [-0.05, 0) is 18.8 Å². The van der Waals surface area contributed by atoms with Gasteiger partial charge in [0.2, 0.25) is 0 Å². The average Bonchev–Trinajstić information content (AvgIpc) is 2.27. The number of nitrogens with one attached hydrogen (secondary N) is 1. The molecule has 0 fully saturated rings. The van der Waals surface area contributed by atoms with Gasteiger partial charge in [-0.3, -0.25) is 0 Å². The number of nitrogens with zero attached hydrogens (tertiary/aromatic N) is 1. The summed E-state index contributed by atoms with van der Waals surface area (Å²) in [6, 6.07) is -1.11. The van der Waals surface area contributed by atoms with E-state index in [1.165, 1.54) is 0 Å². The van der Waals surface area contributed by atoms with Crippen LogP contribution in [0.15, 0.2) is 0 Å². The second kappa shape index (κ2) is 8.78. The van der Waals surface area contributed by atoms with E-state index in [4.69, 9.17) is 5.11 Å². The van der Waals surface area contributed by atoms with Crippen LogP contribution >= 0.6 is 0 Å². The van der Waals surface area contributed by atoms with Gasteiger partial charge in [0.25, 0.3) is 0 Å². The van der Waals surface area contributed by atoms with Gasteiger partial charge in [-0.15, -0.1) is 0 Å². The first-order valence-corrected chi connectivity index (χ1v) is 6.62. The number of hydrogen-bond donors (Lipinski definition) is 2. The molecular formula is C13H26N2O3. The van der Waals surface area contributed by atoms with Gasteiger partial charge in [0.15, 0.2) is 0 Å². The van der Waals surface area contributed by atoms with Crippen molar-refractivity contribution in [3.8, 4) is 0 Å². The molecule has 0 spiro atoms. The lowest BCUT2D eigenvalue weighted by Crippen LogP contribution is -2.47. The molecule has 0 aromatic carbocycles. The van der Waals surface area contributed by atoms with Crippen LogP contribution < -0.4 is 5.32 Å². The first-order chi connectivity index (χ1) is 8.38. The molecule has 106 valence electrons. The number of urea groups is 1. The van der Waals surface area contributed by atoms with Crippen molar-refractivity contribution in [2.75, 3.05) is 13.6 Å². The molecule has 2 amide bonds. The number of carbonyl (C=O) groups excluding carboxylic acids is 1. The molecule has 0 saturated carbocycles.